The summed E-state index contributed by atoms with van der Waals surface area (Å²) < 4.78 is 37.6. The van der Waals surface area contributed by atoms with E-state index in [1.165, 1.54) is 6.07 Å². The van der Waals surface area contributed by atoms with E-state index in [0.29, 0.717) is 12.1 Å². The van der Waals surface area contributed by atoms with E-state index >= 15 is 0 Å². The number of benzene rings is 1. The second kappa shape index (κ2) is 3.90. The number of amides is 1. The molecule has 18 heavy (non-hydrogen) atoms. The number of anilines is 2. The maximum atomic E-state index is 12.5. The lowest BCUT2D eigenvalue weighted by atomic mass is 9.94. The number of halogens is 3. The van der Waals surface area contributed by atoms with E-state index in [9.17, 15) is 18.0 Å². The molecular weight excluding hydrogens is 245 g/mol. The van der Waals surface area contributed by atoms with Crippen LogP contribution in [-0.2, 0) is 11.0 Å². The van der Waals surface area contributed by atoms with Gasteiger partial charge in [-0.3, -0.25) is 4.79 Å². The van der Waals surface area contributed by atoms with Gasteiger partial charge in [0.05, 0.1) is 16.9 Å². The molecule has 6 heteroatoms. The molecule has 0 spiro atoms. The average Bonchev–Trinajstić information content (AvgIpc) is 2.29. The Morgan fingerprint density at radius 1 is 1.28 bits per heavy atom. The Hall–Kier alpha value is -1.72. The topological polar surface area (TPSA) is 41.1 Å². The Labute approximate surface area is 102 Å². The van der Waals surface area contributed by atoms with Gasteiger partial charge in [-0.2, -0.15) is 13.2 Å². The quantitative estimate of drug-likeness (QED) is 0.812. The van der Waals surface area contributed by atoms with Crippen molar-refractivity contribution < 1.29 is 18.0 Å². The van der Waals surface area contributed by atoms with Crippen LogP contribution in [0.2, 0.25) is 0 Å². The van der Waals surface area contributed by atoms with E-state index in [1.54, 1.807) is 6.92 Å². The molecule has 0 aliphatic carbocycles. The molecule has 1 aliphatic rings. The zero-order chi connectivity index (χ0) is 13.6. The summed E-state index contributed by atoms with van der Waals surface area (Å²) >= 11 is 0. The molecule has 0 radical (unpaired) electrons. The first-order chi connectivity index (χ1) is 8.26. The van der Waals surface area contributed by atoms with Crippen molar-refractivity contribution in [3.8, 4) is 0 Å². The Balaban J connectivity index is 2.41. The first kappa shape index (κ1) is 12.7. The molecule has 98 valence electrons. The molecule has 1 heterocycles. The maximum absolute atomic E-state index is 12.5. The van der Waals surface area contributed by atoms with Crippen LogP contribution in [0.3, 0.4) is 0 Å². The number of carbonyl (C=O) groups excluding carboxylic acids is 1. The molecule has 1 aromatic rings. The van der Waals surface area contributed by atoms with Gasteiger partial charge < -0.3 is 10.6 Å². The molecule has 0 bridgehead atoms. The van der Waals surface area contributed by atoms with Crippen molar-refractivity contribution in [3.63, 3.8) is 0 Å². The monoisotopic (exact) mass is 258 g/mol. The van der Waals surface area contributed by atoms with E-state index in [1.807, 2.05) is 6.92 Å². The summed E-state index contributed by atoms with van der Waals surface area (Å²) in [6, 6.07) is 3.28. The molecule has 1 amide bonds. The van der Waals surface area contributed by atoms with Crippen LogP contribution in [-0.4, -0.2) is 11.4 Å². The Morgan fingerprint density at radius 3 is 2.50 bits per heavy atom. The number of fused-ring (bicyclic) bond motifs is 1. The second-order valence-electron chi connectivity index (χ2n) is 4.52. The number of alkyl halides is 3. The van der Waals surface area contributed by atoms with Crippen LogP contribution >= 0.6 is 0 Å². The van der Waals surface area contributed by atoms with Crippen molar-refractivity contribution >= 4 is 17.3 Å². The lowest BCUT2D eigenvalue weighted by Gasteiger charge is -2.35. The molecule has 1 aromatic carbocycles. The standard InChI is InChI=1S/C12H13F3N2O/c1-3-11(2)10(18)16-9-6-7(12(13,14)15)4-5-8(9)17-11/h4-6,17H,3H2,1-2H3,(H,16,18). The van der Waals surface area contributed by atoms with E-state index in [4.69, 9.17) is 0 Å². The number of hydrogen-bond donors (Lipinski definition) is 2. The van der Waals surface area contributed by atoms with Crippen molar-refractivity contribution in [2.24, 2.45) is 0 Å². The third kappa shape index (κ3) is 2.02. The third-order valence-corrected chi connectivity index (χ3v) is 3.21. The molecule has 2 rings (SSSR count). The van der Waals surface area contributed by atoms with Gasteiger partial charge in [0.25, 0.3) is 0 Å². The highest BCUT2D eigenvalue weighted by Gasteiger charge is 2.37. The molecule has 0 saturated carbocycles. The van der Waals surface area contributed by atoms with Crippen molar-refractivity contribution in [1.82, 2.24) is 0 Å². The third-order valence-electron chi connectivity index (χ3n) is 3.21. The van der Waals surface area contributed by atoms with Crippen molar-refractivity contribution in [1.29, 1.82) is 0 Å². The lowest BCUT2D eigenvalue weighted by Crippen LogP contribution is -2.49. The highest BCUT2D eigenvalue weighted by molar-refractivity contribution is 6.05. The van der Waals surface area contributed by atoms with Gasteiger partial charge in [-0.1, -0.05) is 6.92 Å². The van der Waals surface area contributed by atoms with Crippen LogP contribution in [0.1, 0.15) is 25.8 Å². The van der Waals surface area contributed by atoms with Crippen LogP contribution in [0.15, 0.2) is 18.2 Å². The van der Waals surface area contributed by atoms with Gasteiger partial charge in [-0.15, -0.1) is 0 Å². The van der Waals surface area contributed by atoms with E-state index < -0.39 is 17.3 Å². The Kier molecular flexibility index (Phi) is 2.76. The van der Waals surface area contributed by atoms with Crippen molar-refractivity contribution in [2.45, 2.75) is 32.0 Å². The van der Waals surface area contributed by atoms with Gasteiger partial charge in [0.15, 0.2) is 0 Å². The zero-order valence-corrected chi connectivity index (χ0v) is 9.98. The van der Waals surface area contributed by atoms with E-state index in [-0.39, 0.29) is 11.6 Å². The molecule has 0 saturated heterocycles. The Bertz CT molecular complexity index is 499. The summed E-state index contributed by atoms with van der Waals surface area (Å²) in [5.41, 5.74) is -0.886. The Morgan fingerprint density at radius 2 is 1.94 bits per heavy atom. The number of hydrogen-bond acceptors (Lipinski definition) is 2. The van der Waals surface area contributed by atoms with Crippen LogP contribution in [0.25, 0.3) is 0 Å². The molecule has 0 fully saturated rings. The predicted octanol–water partition coefficient (Wildman–Crippen LogP) is 3.24. The summed E-state index contributed by atoms with van der Waals surface area (Å²) in [6.07, 6.45) is -3.87. The maximum Gasteiger partial charge on any atom is 0.416 e. The van der Waals surface area contributed by atoms with E-state index in [0.717, 1.165) is 12.1 Å². The molecule has 2 N–H and O–H groups in total. The summed E-state index contributed by atoms with van der Waals surface area (Å²) in [5, 5.41) is 5.48. The van der Waals surface area contributed by atoms with Gasteiger partial charge in [-0.05, 0) is 31.5 Å². The van der Waals surface area contributed by atoms with Crippen LogP contribution in [0.4, 0.5) is 24.5 Å². The first-order valence-corrected chi connectivity index (χ1v) is 5.57. The average molecular weight is 258 g/mol. The summed E-state index contributed by atoms with van der Waals surface area (Å²) in [6.45, 7) is 3.55. The molecule has 1 aliphatic heterocycles. The normalized spacial score (nSPS) is 23.1. The minimum absolute atomic E-state index is 0.167. The summed E-state index contributed by atoms with van der Waals surface area (Å²) in [5.74, 6) is -0.322. The first-order valence-electron chi connectivity index (χ1n) is 5.57. The van der Waals surface area contributed by atoms with E-state index in [2.05, 4.69) is 10.6 Å². The SMILES string of the molecule is CCC1(C)Nc2ccc(C(F)(F)F)cc2NC1=O. The molecule has 3 nitrogen and oxygen atoms in total. The fourth-order valence-corrected chi connectivity index (χ4v) is 1.80. The highest BCUT2D eigenvalue weighted by atomic mass is 19.4. The van der Waals surface area contributed by atoms with Crippen molar-refractivity contribution in [2.75, 3.05) is 10.6 Å². The second-order valence-corrected chi connectivity index (χ2v) is 4.52. The van der Waals surface area contributed by atoms with Gasteiger partial charge in [0.1, 0.15) is 5.54 Å². The number of nitrogens with one attached hydrogen (secondary N) is 2. The number of carbonyl (C=O) groups is 1. The van der Waals surface area contributed by atoms with Gasteiger partial charge in [0.2, 0.25) is 5.91 Å². The fraction of sp³-hybridized carbons (Fsp3) is 0.417. The fourth-order valence-electron chi connectivity index (χ4n) is 1.80. The van der Waals surface area contributed by atoms with Crippen molar-refractivity contribution in [3.05, 3.63) is 23.8 Å². The molecule has 0 aromatic heterocycles. The minimum atomic E-state index is -4.41. The summed E-state index contributed by atoms with van der Waals surface area (Å²) in [7, 11) is 0. The highest BCUT2D eigenvalue weighted by Crippen LogP contribution is 2.37. The van der Waals surface area contributed by atoms with Crippen LogP contribution in [0.5, 0.6) is 0 Å². The zero-order valence-electron chi connectivity index (χ0n) is 9.98. The molecule has 1 atom stereocenters. The number of rotatable bonds is 1. The van der Waals surface area contributed by atoms with Gasteiger partial charge in [-0.25, -0.2) is 0 Å². The minimum Gasteiger partial charge on any atom is -0.370 e. The molecule has 1 unspecified atom stereocenters. The van der Waals surface area contributed by atoms with Crippen LogP contribution < -0.4 is 10.6 Å². The summed E-state index contributed by atoms with van der Waals surface area (Å²) in [4.78, 5) is 11.8. The lowest BCUT2D eigenvalue weighted by molar-refractivity contribution is -0.137. The smallest absolute Gasteiger partial charge is 0.370 e. The molecular formula is C12H13F3N2O. The predicted molar refractivity (Wildman–Crippen MR) is 62.4 cm³/mol. The largest absolute Gasteiger partial charge is 0.416 e. The van der Waals surface area contributed by atoms with Gasteiger partial charge >= 0.3 is 6.18 Å². The van der Waals surface area contributed by atoms with Gasteiger partial charge in [0, 0.05) is 0 Å². The van der Waals surface area contributed by atoms with Crippen LogP contribution in [0, 0.1) is 0 Å².